The monoisotopic (exact) mass is 256 g/mol. The smallest absolute Gasteiger partial charge is 0.168 e. The van der Waals surface area contributed by atoms with Gasteiger partial charge in [-0.25, -0.2) is 4.98 Å². The lowest BCUT2D eigenvalue weighted by atomic mass is 10.1. The Hall–Kier alpha value is -1.68. The number of aryl methyl sites for hydroxylation is 1. The molecule has 0 unspecified atom stereocenters. The number of furan rings is 1. The molecule has 0 spiro atoms. The Kier molecular flexibility index (Phi) is 2.08. The van der Waals surface area contributed by atoms with Crippen LogP contribution in [-0.2, 0) is 6.54 Å². The fourth-order valence-corrected chi connectivity index (χ4v) is 3.61. The summed E-state index contributed by atoms with van der Waals surface area (Å²) in [6.45, 7) is 3.11. The van der Waals surface area contributed by atoms with Crippen LogP contribution in [0.1, 0.15) is 5.69 Å². The molecule has 0 radical (unpaired) electrons. The van der Waals surface area contributed by atoms with Gasteiger partial charge in [-0.2, -0.15) is 0 Å². The Bertz CT molecular complexity index is 741. The molecule has 1 aliphatic heterocycles. The molecule has 0 bridgehead atoms. The van der Waals surface area contributed by atoms with Crippen LogP contribution in [-0.4, -0.2) is 15.3 Å². The van der Waals surface area contributed by atoms with E-state index in [9.17, 15) is 0 Å². The quantitative estimate of drug-likeness (QED) is 0.665. The molecular weight excluding hydrogens is 244 g/mol. The van der Waals surface area contributed by atoms with Crippen molar-refractivity contribution >= 4 is 22.7 Å². The summed E-state index contributed by atoms with van der Waals surface area (Å²) in [7, 11) is 0. The highest BCUT2D eigenvalue weighted by Gasteiger charge is 2.22. The highest BCUT2D eigenvalue weighted by Crippen LogP contribution is 2.37. The molecule has 3 heterocycles. The first-order valence-corrected chi connectivity index (χ1v) is 6.99. The van der Waals surface area contributed by atoms with Crippen molar-refractivity contribution in [3.8, 4) is 11.3 Å². The Balaban J connectivity index is 2.06. The van der Waals surface area contributed by atoms with Crippen molar-refractivity contribution in [2.45, 2.75) is 18.6 Å². The van der Waals surface area contributed by atoms with Gasteiger partial charge in [0.1, 0.15) is 5.58 Å². The summed E-state index contributed by atoms with van der Waals surface area (Å²) in [6, 6.07) is 8.28. The molecule has 4 heteroatoms. The molecule has 18 heavy (non-hydrogen) atoms. The minimum atomic E-state index is 0.959. The van der Waals surface area contributed by atoms with E-state index in [4.69, 9.17) is 4.42 Å². The number of thioether (sulfide) groups is 1. The van der Waals surface area contributed by atoms with Crippen molar-refractivity contribution in [1.29, 1.82) is 0 Å². The van der Waals surface area contributed by atoms with Crippen molar-refractivity contribution in [3.63, 3.8) is 0 Å². The summed E-state index contributed by atoms with van der Waals surface area (Å²) >= 11 is 1.83. The molecule has 2 aromatic heterocycles. The third-order valence-electron chi connectivity index (χ3n) is 3.39. The third kappa shape index (κ3) is 1.29. The maximum absolute atomic E-state index is 5.64. The van der Waals surface area contributed by atoms with Crippen molar-refractivity contribution in [3.05, 3.63) is 36.2 Å². The lowest BCUT2D eigenvalue weighted by molar-refractivity contribution is 0.616. The molecule has 1 aromatic carbocycles. The Labute approximate surface area is 109 Å². The molecule has 0 atom stereocenters. The van der Waals surface area contributed by atoms with Crippen molar-refractivity contribution in [1.82, 2.24) is 9.55 Å². The number of hydrogen-bond donors (Lipinski definition) is 0. The van der Waals surface area contributed by atoms with Crippen LogP contribution in [0.25, 0.3) is 22.2 Å². The first kappa shape index (κ1) is 10.3. The number of nitrogens with zero attached hydrogens (tertiary/aromatic N) is 2. The average Bonchev–Trinajstić information content (AvgIpc) is 3.02. The number of aromatic nitrogens is 2. The summed E-state index contributed by atoms with van der Waals surface area (Å²) in [5, 5.41) is 2.28. The minimum Gasteiger partial charge on any atom is -0.464 e. The lowest BCUT2D eigenvalue weighted by Gasteiger charge is -2.06. The van der Waals surface area contributed by atoms with E-state index in [2.05, 4.69) is 34.7 Å². The zero-order chi connectivity index (χ0) is 12.1. The summed E-state index contributed by atoms with van der Waals surface area (Å²) < 4.78 is 7.94. The highest BCUT2D eigenvalue weighted by atomic mass is 32.2. The molecule has 0 aliphatic carbocycles. The Morgan fingerprint density at radius 1 is 1.33 bits per heavy atom. The average molecular weight is 256 g/mol. The first-order chi connectivity index (χ1) is 8.84. The van der Waals surface area contributed by atoms with E-state index < -0.39 is 0 Å². The molecule has 0 amide bonds. The number of fused-ring (bicyclic) bond motifs is 2. The van der Waals surface area contributed by atoms with E-state index in [-0.39, 0.29) is 0 Å². The maximum Gasteiger partial charge on any atom is 0.168 e. The van der Waals surface area contributed by atoms with Gasteiger partial charge in [0.05, 0.1) is 17.7 Å². The van der Waals surface area contributed by atoms with Crippen LogP contribution in [0.5, 0.6) is 0 Å². The van der Waals surface area contributed by atoms with Crippen LogP contribution in [0.15, 0.2) is 40.1 Å². The highest BCUT2D eigenvalue weighted by molar-refractivity contribution is 7.99. The van der Waals surface area contributed by atoms with E-state index in [1.807, 2.05) is 17.8 Å². The van der Waals surface area contributed by atoms with Gasteiger partial charge in [-0.15, -0.1) is 0 Å². The second-order valence-electron chi connectivity index (χ2n) is 4.47. The fourth-order valence-electron chi connectivity index (χ4n) is 2.61. The predicted octanol–water partition coefficient (Wildman–Crippen LogP) is 3.71. The number of rotatable bonds is 1. The molecule has 0 N–H and O–H groups in total. The Morgan fingerprint density at radius 2 is 2.28 bits per heavy atom. The summed E-state index contributed by atoms with van der Waals surface area (Å²) in [4.78, 5) is 4.64. The van der Waals surface area contributed by atoms with Crippen LogP contribution in [0.3, 0.4) is 0 Å². The summed E-state index contributed by atoms with van der Waals surface area (Å²) in [5.74, 6) is 1.11. The van der Waals surface area contributed by atoms with Gasteiger partial charge < -0.3 is 8.98 Å². The van der Waals surface area contributed by atoms with Crippen molar-refractivity contribution in [2.24, 2.45) is 0 Å². The van der Waals surface area contributed by atoms with Gasteiger partial charge >= 0.3 is 0 Å². The van der Waals surface area contributed by atoms with Gasteiger partial charge in [-0.1, -0.05) is 23.9 Å². The number of benzene rings is 1. The minimum absolute atomic E-state index is 0.959. The zero-order valence-electron chi connectivity index (χ0n) is 10.0. The van der Waals surface area contributed by atoms with Crippen LogP contribution in [0, 0.1) is 6.92 Å². The molecule has 3 aromatic rings. The van der Waals surface area contributed by atoms with Crippen LogP contribution in [0.4, 0.5) is 0 Å². The van der Waals surface area contributed by atoms with E-state index in [0.29, 0.717) is 0 Å². The maximum atomic E-state index is 5.64. The van der Waals surface area contributed by atoms with E-state index >= 15 is 0 Å². The van der Waals surface area contributed by atoms with E-state index in [1.165, 1.54) is 5.69 Å². The van der Waals surface area contributed by atoms with Crippen LogP contribution >= 0.6 is 11.8 Å². The molecule has 90 valence electrons. The van der Waals surface area contributed by atoms with Crippen molar-refractivity contribution < 1.29 is 4.42 Å². The molecule has 0 fully saturated rings. The van der Waals surface area contributed by atoms with Crippen molar-refractivity contribution in [2.75, 3.05) is 5.75 Å². The van der Waals surface area contributed by atoms with Gasteiger partial charge in [0.2, 0.25) is 0 Å². The van der Waals surface area contributed by atoms with Crippen LogP contribution < -0.4 is 0 Å². The normalized spacial score (nSPS) is 14.3. The largest absolute Gasteiger partial charge is 0.464 e. The molecule has 4 rings (SSSR count). The molecule has 0 saturated carbocycles. The zero-order valence-corrected chi connectivity index (χ0v) is 10.8. The summed E-state index contributed by atoms with van der Waals surface area (Å²) in [6.07, 6.45) is 1.75. The second-order valence-corrected chi connectivity index (χ2v) is 5.54. The second kappa shape index (κ2) is 3.65. The van der Waals surface area contributed by atoms with Gasteiger partial charge in [-0.3, -0.25) is 0 Å². The lowest BCUT2D eigenvalue weighted by Crippen LogP contribution is -1.97. The molecular formula is C14H12N2OS. The predicted molar refractivity (Wildman–Crippen MR) is 72.9 cm³/mol. The number of imidazole rings is 1. The SMILES string of the molecule is Cc1nc2n(c1-c1cccc3ccoc13)CCS2. The topological polar surface area (TPSA) is 31.0 Å². The molecule has 3 nitrogen and oxygen atoms in total. The summed E-state index contributed by atoms with van der Waals surface area (Å²) in [5.41, 5.74) is 4.40. The van der Waals surface area contributed by atoms with Gasteiger partial charge in [-0.05, 0) is 19.1 Å². The van der Waals surface area contributed by atoms with Gasteiger partial charge in [0, 0.05) is 23.2 Å². The number of hydrogen-bond acceptors (Lipinski definition) is 3. The van der Waals surface area contributed by atoms with E-state index in [1.54, 1.807) is 6.26 Å². The van der Waals surface area contributed by atoms with E-state index in [0.717, 1.165) is 39.7 Å². The Morgan fingerprint density at radius 3 is 3.22 bits per heavy atom. The third-order valence-corrected chi connectivity index (χ3v) is 4.34. The van der Waals surface area contributed by atoms with Crippen LogP contribution in [0.2, 0.25) is 0 Å². The van der Waals surface area contributed by atoms with Gasteiger partial charge in [0.15, 0.2) is 5.16 Å². The van der Waals surface area contributed by atoms with Gasteiger partial charge in [0.25, 0.3) is 0 Å². The fraction of sp³-hybridized carbons (Fsp3) is 0.214. The first-order valence-electron chi connectivity index (χ1n) is 6.01. The molecule has 1 aliphatic rings. The standard InChI is InChI=1S/C14H12N2OS/c1-9-12(16-6-8-18-14(16)15-9)11-4-2-3-10-5-7-17-13(10)11/h2-5,7H,6,8H2,1H3. The number of para-hydroxylation sites is 1. The molecule has 0 saturated heterocycles.